The van der Waals surface area contributed by atoms with Gasteiger partial charge < -0.3 is 0 Å². The first-order chi connectivity index (χ1) is 5.11. The summed E-state index contributed by atoms with van der Waals surface area (Å²) < 4.78 is 1.87. The molecule has 2 nitrogen and oxygen atoms in total. The summed E-state index contributed by atoms with van der Waals surface area (Å²) in [5.41, 5.74) is 2.49. The van der Waals surface area contributed by atoms with Gasteiger partial charge in [0.15, 0.2) is 0 Å². The Balaban J connectivity index is 2.79. The Labute approximate surface area is 68.2 Å². The van der Waals surface area contributed by atoms with Crippen molar-refractivity contribution in [3.05, 3.63) is 17.5 Å². The molecule has 0 atom stereocenters. The smallest absolute Gasteiger partial charge is 0.116 e. The lowest BCUT2D eigenvalue weighted by Crippen LogP contribution is -1.97. The molecule has 0 saturated carbocycles. The average Bonchev–Trinajstić information content (AvgIpc) is 2.18. The fourth-order valence-corrected chi connectivity index (χ4v) is 1.09. The van der Waals surface area contributed by atoms with E-state index in [2.05, 4.69) is 32.1 Å². The minimum atomic E-state index is 0.689. The van der Waals surface area contributed by atoms with Crippen molar-refractivity contribution < 1.29 is 0 Å². The van der Waals surface area contributed by atoms with Gasteiger partial charge in [-0.25, -0.2) is 0 Å². The van der Waals surface area contributed by atoms with Crippen molar-refractivity contribution in [2.75, 3.05) is 0 Å². The van der Waals surface area contributed by atoms with Gasteiger partial charge in [0.05, 0.1) is 0 Å². The molecule has 0 saturated heterocycles. The molecular formula is C9H15N2. The van der Waals surface area contributed by atoms with Crippen molar-refractivity contribution >= 4 is 0 Å². The summed E-state index contributed by atoms with van der Waals surface area (Å²) in [6.07, 6.45) is 4.10. The molecule has 1 aromatic rings. The van der Waals surface area contributed by atoms with Gasteiger partial charge in [-0.05, 0) is 19.3 Å². The van der Waals surface area contributed by atoms with Crippen LogP contribution in [0.4, 0.5) is 0 Å². The molecule has 0 aromatic carbocycles. The van der Waals surface area contributed by atoms with Crippen LogP contribution in [-0.2, 0) is 13.5 Å². The number of rotatable bonds is 2. The van der Waals surface area contributed by atoms with Crippen LogP contribution in [0.25, 0.3) is 0 Å². The topological polar surface area (TPSA) is 17.8 Å². The fraction of sp³-hybridized carbons (Fsp3) is 0.667. The first kappa shape index (κ1) is 8.31. The van der Waals surface area contributed by atoms with Crippen LogP contribution in [-0.4, -0.2) is 9.78 Å². The highest BCUT2D eigenvalue weighted by Gasteiger charge is 2.05. The quantitative estimate of drug-likeness (QED) is 0.629. The Morgan fingerprint density at radius 2 is 2.18 bits per heavy atom. The lowest BCUT2D eigenvalue weighted by atomic mass is 10.0. The third kappa shape index (κ3) is 1.82. The summed E-state index contributed by atoms with van der Waals surface area (Å²) in [7, 11) is 1.95. The number of aromatic nitrogens is 2. The molecule has 11 heavy (non-hydrogen) atoms. The van der Waals surface area contributed by atoms with E-state index in [0.29, 0.717) is 5.92 Å². The maximum Gasteiger partial charge on any atom is 0.116 e. The zero-order valence-corrected chi connectivity index (χ0v) is 7.68. The lowest BCUT2D eigenvalue weighted by Gasteiger charge is -2.02. The lowest BCUT2D eigenvalue weighted by molar-refractivity contribution is 0.642. The average molecular weight is 151 g/mol. The van der Waals surface area contributed by atoms with Crippen LogP contribution >= 0.6 is 0 Å². The van der Waals surface area contributed by atoms with Crippen LogP contribution in [0.5, 0.6) is 0 Å². The highest BCUT2D eigenvalue weighted by molar-refractivity contribution is 5.14. The molecule has 61 valence electrons. The number of nitrogens with zero attached hydrogens (tertiary/aromatic N) is 2. The summed E-state index contributed by atoms with van der Waals surface area (Å²) in [5, 5.41) is 4.06. The van der Waals surface area contributed by atoms with Crippen LogP contribution in [0, 0.1) is 19.0 Å². The Morgan fingerprint density at radius 1 is 1.55 bits per heavy atom. The maximum absolute atomic E-state index is 4.06. The highest BCUT2D eigenvalue weighted by atomic mass is 15.3. The van der Waals surface area contributed by atoms with E-state index >= 15 is 0 Å². The molecule has 0 spiro atoms. The second kappa shape index (κ2) is 3.07. The molecule has 0 bridgehead atoms. The third-order valence-electron chi connectivity index (χ3n) is 1.87. The zero-order valence-electron chi connectivity index (χ0n) is 7.68. The van der Waals surface area contributed by atoms with E-state index in [4.69, 9.17) is 0 Å². The largest absolute Gasteiger partial charge is 0.272 e. The van der Waals surface area contributed by atoms with Crippen molar-refractivity contribution in [3.8, 4) is 0 Å². The van der Waals surface area contributed by atoms with Crippen molar-refractivity contribution in [2.45, 2.75) is 27.2 Å². The molecule has 1 rings (SSSR count). The van der Waals surface area contributed by atoms with Gasteiger partial charge in [0.2, 0.25) is 0 Å². The summed E-state index contributed by atoms with van der Waals surface area (Å²) in [4.78, 5) is 0. The van der Waals surface area contributed by atoms with Crippen LogP contribution < -0.4 is 0 Å². The van der Waals surface area contributed by atoms with Gasteiger partial charge in [0.1, 0.15) is 6.20 Å². The second-order valence-corrected chi connectivity index (χ2v) is 3.40. The molecule has 0 aliphatic carbocycles. The minimum Gasteiger partial charge on any atom is -0.272 e. The molecule has 0 unspecified atom stereocenters. The summed E-state index contributed by atoms with van der Waals surface area (Å²) in [5.74, 6) is 0.689. The molecule has 0 N–H and O–H groups in total. The molecular weight excluding hydrogens is 136 g/mol. The standard InChI is InChI=1S/C9H15N2/c1-7(2)5-9-6-10-11(4)8(9)3/h7H,5H2,1-4H3. The Bertz CT molecular complexity index is 236. The van der Waals surface area contributed by atoms with Gasteiger partial charge in [0.25, 0.3) is 0 Å². The number of hydrogen-bond acceptors (Lipinski definition) is 1. The van der Waals surface area contributed by atoms with Gasteiger partial charge in [-0.3, -0.25) is 4.68 Å². The van der Waals surface area contributed by atoms with Crippen molar-refractivity contribution in [1.82, 2.24) is 9.78 Å². The second-order valence-electron chi connectivity index (χ2n) is 3.40. The van der Waals surface area contributed by atoms with Crippen molar-refractivity contribution in [2.24, 2.45) is 13.0 Å². The maximum atomic E-state index is 4.06. The van der Waals surface area contributed by atoms with Crippen LogP contribution in [0.1, 0.15) is 25.1 Å². The highest BCUT2D eigenvalue weighted by Crippen LogP contribution is 2.10. The predicted octanol–water partition coefficient (Wildman–Crippen LogP) is 1.73. The Hall–Kier alpha value is -0.790. The third-order valence-corrected chi connectivity index (χ3v) is 1.87. The van der Waals surface area contributed by atoms with Gasteiger partial charge in [-0.1, -0.05) is 13.8 Å². The Morgan fingerprint density at radius 3 is 2.55 bits per heavy atom. The minimum absolute atomic E-state index is 0.689. The van der Waals surface area contributed by atoms with E-state index in [1.54, 1.807) is 0 Å². The van der Waals surface area contributed by atoms with Gasteiger partial charge >= 0.3 is 0 Å². The summed E-state index contributed by atoms with van der Waals surface area (Å²) in [6.45, 7) is 6.50. The number of hydrogen-bond donors (Lipinski definition) is 0. The predicted molar refractivity (Wildman–Crippen MR) is 45.3 cm³/mol. The fourth-order valence-electron chi connectivity index (χ4n) is 1.09. The van der Waals surface area contributed by atoms with E-state index in [1.807, 2.05) is 11.7 Å². The van der Waals surface area contributed by atoms with Crippen molar-refractivity contribution in [1.29, 1.82) is 0 Å². The Kier molecular flexibility index (Phi) is 2.32. The van der Waals surface area contributed by atoms with Gasteiger partial charge in [-0.15, -0.1) is 0 Å². The molecule has 0 aliphatic heterocycles. The molecule has 1 radical (unpaired) electrons. The molecule has 0 aliphatic rings. The first-order valence-electron chi connectivity index (χ1n) is 4.01. The van der Waals surface area contributed by atoms with E-state index in [-0.39, 0.29) is 0 Å². The van der Waals surface area contributed by atoms with Crippen LogP contribution in [0.3, 0.4) is 0 Å². The summed E-state index contributed by atoms with van der Waals surface area (Å²) >= 11 is 0. The van der Waals surface area contributed by atoms with E-state index in [9.17, 15) is 0 Å². The first-order valence-corrected chi connectivity index (χ1v) is 4.01. The van der Waals surface area contributed by atoms with Crippen LogP contribution in [0.2, 0.25) is 0 Å². The monoisotopic (exact) mass is 151 g/mol. The van der Waals surface area contributed by atoms with E-state index in [0.717, 1.165) is 6.42 Å². The molecule has 0 amide bonds. The molecule has 1 heterocycles. The van der Waals surface area contributed by atoms with Gasteiger partial charge in [0, 0.05) is 18.3 Å². The molecule has 0 fully saturated rings. The van der Waals surface area contributed by atoms with E-state index in [1.165, 1.54) is 11.3 Å². The SMILES string of the molecule is Cc1c(CC(C)C)[c]nn1C. The number of aryl methyl sites for hydroxylation is 1. The van der Waals surface area contributed by atoms with Crippen molar-refractivity contribution in [3.63, 3.8) is 0 Å². The molecule has 1 aromatic heterocycles. The van der Waals surface area contributed by atoms with Gasteiger partial charge in [-0.2, -0.15) is 5.10 Å². The van der Waals surface area contributed by atoms with E-state index < -0.39 is 0 Å². The normalized spacial score (nSPS) is 11.0. The van der Waals surface area contributed by atoms with Crippen LogP contribution in [0.15, 0.2) is 0 Å². The molecule has 2 heteroatoms. The zero-order chi connectivity index (χ0) is 8.43. The summed E-state index contributed by atoms with van der Waals surface area (Å²) in [6, 6.07) is 0.